The summed E-state index contributed by atoms with van der Waals surface area (Å²) in [6, 6.07) is 11.4. The Labute approximate surface area is 205 Å². The number of benzene rings is 2. The molecule has 0 heterocycles. The van der Waals surface area contributed by atoms with E-state index < -0.39 is 11.6 Å². The summed E-state index contributed by atoms with van der Waals surface area (Å²) < 4.78 is 10.4. The molecule has 176 valence electrons. The maximum Gasteiger partial charge on any atom is 0.410 e. The van der Waals surface area contributed by atoms with Crippen molar-refractivity contribution >= 4 is 41.3 Å². The molecule has 1 amide bonds. The summed E-state index contributed by atoms with van der Waals surface area (Å²) in [4.78, 5) is 26.4. The topological polar surface area (TPSA) is 55.8 Å². The van der Waals surface area contributed by atoms with Crippen LogP contribution >= 0.6 is 23.2 Å². The highest BCUT2D eigenvalue weighted by atomic mass is 35.5. The summed E-state index contributed by atoms with van der Waals surface area (Å²) in [7, 11) is 1.35. The number of nitrogens with zero attached hydrogens (tertiary/aromatic N) is 1. The fraction of sp³-hybridized carbons (Fsp3) is 0.385. The maximum absolute atomic E-state index is 13.2. The number of amides is 1. The fourth-order valence-electron chi connectivity index (χ4n) is 3.97. The smallest absolute Gasteiger partial charge is 0.410 e. The Morgan fingerprint density at radius 3 is 2.45 bits per heavy atom. The lowest BCUT2D eigenvalue weighted by Crippen LogP contribution is -2.40. The molecule has 3 rings (SSSR count). The van der Waals surface area contributed by atoms with Gasteiger partial charge in [-0.25, -0.2) is 9.59 Å². The van der Waals surface area contributed by atoms with Crippen LogP contribution in [0.15, 0.2) is 42.5 Å². The van der Waals surface area contributed by atoms with Gasteiger partial charge in [0.05, 0.1) is 13.2 Å². The Morgan fingerprint density at radius 1 is 1.12 bits per heavy atom. The fourth-order valence-corrected chi connectivity index (χ4v) is 4.55. The van der Waals surface area contributed by atoms with Gasteiger partial charge in [0.25, 0.3) is 0 Å². The number of fused-ring (bicyclic) bond motifs is 1. The van der Waals surface area contributed by atoms with Gasteiger partial charge in [-0.1, -0.05) is 41.4 Å². The summed E-state index contributed by atoms with van der Waals surface area (Å²) in [5.74, 6) is -0.398. The molecule has 2 aromatic carbocycles. The minimum atomic E-state index is -0.599. The van der Waals surface area contributed by atoms with Crippen LogP contribution in [0, 0.1) is 0 Å². The highest BCUT2D eigenvalue weighted by Gasteiger charge is 2.33. The first kappa shape index (κ1) is 25.1. The molecule has 0 bridgehead atoms. The number of halogens is 2. The van der Waals surface area contributed by atoms with Crippen LogP contribution in [0.1, 0.15) is 55.5 Å². The van der Waals surface area contributed by atoms with E-state index >= 15 is 0 Å². The molecule has 33 heavy (non-hydrogen) atoms. The third kappa shape index (κ3) is 6.99. The number of rotatable bonds is 6. The van der Waals surface area contributed by atoms with E-state index in [4.69, 9.17) is 27.9 Å². The maximum atomic E-state index is 13.2. The number of carbonyl (C=O) groups is 2. The molecule has 1 aliphatic rings. The van der Waals surface area contributed by atoms with Gasteiger partial charge in [-0.05, 0) is 86.6 Å². The van der Waals surface area contributed by atoms with Crippen molar-refractivity contribution in [1.29, 1.82) is 0 Å². The number of esters is 1. The molecule has 0 saturated carbocycles. The first-order chi connectivity index (χ1) is 15.6. The first-order valence-corrected chi connectivity index (χ1v) is 11.6. The summed E-state index contributed by atoms with van der Waals surface area (Å²) in [5, 5.41) is 1.14. The van der Waals surface area contributed by atoms with Crippen LogP contribution in [0.5, 0.6) is 0 Å². The Balaban J connectivity index is 1.84. The molecule has 0 radical (unpaired) electrons. The van der Waals surface area contributed by atoms with Crippen molar-refractivity contribution in [2.75, 3.05) is 13.7 Å². The summed E-state index contributed by atoms with van der Waals surface area (Å²) >= 11 is 12.3. The van der Waals surface area contributed by atoms with E-state index in [1.54, 1.807) is 17.0 Å². The number of hydrogen-bond acceptors (Lipinski definition) is 4. The van der Waals surface area contributed by atoms with Gasteiger partial charge in [0, 0.05) is 22.7 Å². The van der Waals surface area contributed by atoms with Crippen LogP contribution in [-0.2, 0) is 27.1 Å². The van der Waals surface area contributed by atoms with Crippen molar-refractivity contribution in [2.45, 2.75) is 51.7 Å². The van der Waals surface area contributed by atoms with E-state index in [0.717, 1.165) is 35.1 Å². The Kier molecular flexibility index (Phi) is 8.09. The molecule has 0 aliphatic heterocycles. The van der Waals surface area contributed by atoms with Gasteiger partial charge < -0.3 is 14.4 Å². The average Bonchev–Trinajstić information content (AvgIpc) is 3.13. The Morgan fingerprint density at radius 2 is 1.82 bits per heavy atom. The van der Waals surface area contributed by atoms with Gasteiger partial charge in [-0.15, -0.1) is 0 Å². The standard InChI is InChI=1S/C26H29Cl2NO4/c1-26(2,3)33-25(31)29(12-11-18-14-20(27)16-21(28)15-18)23-9-7-19-13-17(5-8-22(19)23)6-10-24(30)32-4/h5-6,8,10,13-16,23H,7,9,11-12H2,1-4H3/b10-6+. The molecule has 7 heteroatoms. The minimum Gasteiger partial charge on any atom is -0.466 e. The largest absolute Gasteiger partial charge is 0.466 e. The molecule has 1 aliphatic carbocycles. The zero-order valence-electron chi connectivity index (χ0n) is 19.4. The highest BCUT2D eigenvalue weighted by molar-refractivity contribution is 6.34. The molecule has 0 N–H and O–H groups in total. The van der Waals surface area contributed by atoms with E-state index in [0.29, 0.717) is 23.0 Å². The summed E-state index contributed by atoms with van der Waals surface area (Å²) in [5.41, 5.74) is 3.53. The zero-order valence-corrected chi connectivity index (χ0v) is 20.9. The molecule has 1 unspecified atom stereocenters. The summed E-state index contributed by atoms with van der Waals surface area (Å²) in [6.45, 7) is 6.06. The van der Waals surface area contributed by atoms with E-state index in [1.807, 2.05) is 45.0 Å². The molecule has 0 fully saturated rings. The number of ether oxygens (including phenoxy) is 2. The summed E-state index contributed by atoms with van der Waals surface area (Å²) in [6.07, 6.45) is 5.02. The van der Waals surface area contributed by atoms with E-state index in [2.05, 4.69) is 10.8 Å². The van der Waals surface area contributed by atoms with Gasteiger partial charge in [-0.2, -0.15) is 0 Å². The predicted molar refractivity (Wildman–Crippen MR) is 132 cm³/mol. The van der Waals surface area contributed by atoms with Crippen molar-refractivity contribution < 1.29 is 19.1 Å². The third-order valence-corrected chi connectivity index (χ3v) is 5.83. The number of hydrogen-bond donors (Lipinski definition) is 0. The average molecular weight is 490 g/mol. The Bertz CT molecular complexity index is 1040. The normalized spacial score (nSPS) is 15.4. The lowest BCUT2D eigenvalue weighted by Gasteiger charge is -2.32. The van der Waals surface area contributed by atoms with E-state index in [-0.39, 0.29) is 12.1 Å². The highest BCUT2D eigenvalue weighted by Crippen LogP contribution is 2.37. The first-order valence-electron chi connectivity index (χ1n) is 10.9. The van der Waals surface area contributed by atoms with Crippen LogP contribution in [0.3, 0.4) is 0 Å². The van der Waals surface area contributed by atoms with E-state index in [9.17, 15) is 9.59 Å². The minimum absolute atomic E-state index is 0.0943. The van der Waals surface area contributed by atoms with Crippen LogP contribution in [-0.4, -0.2) is 36.2 Å². The van der Waals surface area contributed by atoms with Gasteiger partial charge in [0.1, 0.15) is 5.60 Å². The lowest BCUT2D eigenvalue weighted by molar-refractivity contribution is -0.134. The van der Waals surface area contributed by atoms with E-state index in [1.165, 1.54) is 13.2 Å². The molecular formula is C26H29Cl2NO4. The quantitative estimate of drug-likeness (QED) is 0.336. The van der Waals surface area contributed by atoms with Crippen molar-refractivity contribution in [2.24, 2.45) is 0 Å². The van der Waals surface area contributed by atoms with Crippen LogP contribution in [0.2, 0.25) is 10.0 Å². The number of methoxy groups -OCH3 is 1. The zero-order chi connectivity index (χ0) is 24.2. The predicted octanol–water partition coefficient (Wildman–Crippen LogP) is 6.65. The molecule has 0 saturated heterocycles. The second-order valence-corrected chi connectivity index (χ2v) is 9.94. The molecule has 2 aromatic rings. The van der Waals surface area contributed by atoms with Gasteiger partial charge >= 0.3 is 12.1 Å². The second kappa shape index (κ2) is 10.6. The van der Waals surface area contributed by atoms with Gasteiger partial charge in [0.2, 0.25) is 0 Å². The SMILES string of the molecule is COC(=O)/C=C/c1ccc2c(c1)CCC2N(CCc1cc(Cl)cc(Cl)c1)C(=O)OC(C)(C)C. The monoisotopic (exact) mass is 489 g/mol. The third-order valence-electron chi connectivity index (χ3n) is 5.39. The number of aryl methyl sites for hydroxylation is 1. The van der Waals surface area contributed by atoms with Gasteiger partial charge in [-0.3, -0.25) is 0 Å². The number of carbonyl (C=O) groups excluding carboxylic acids is 2. The molecule has 1 atom stereocenters. The Hall–Kier alpha value is -2.50. The van der Waals surface area contributed by atoms with Crippen LogP contribution < -0.4 is 0 Å². The van der Waals surface area contributed by atoms with Crippen molar-refractivity contribution in [3.8, 4) is 0 Å². The molecule has 0 spiro atoms. The van der Waals surface area contributed by atoms with Crippen LogP contribution in [0.4, 0.5) is 4.79 Å². The van der Waals surface area contributed by atoms with Crippen molar-refractivity contribution in [3.05, 3.63) is 74.8 Å². The molecular weight excluding hydrogens is 461 g/mol. The van der Waals surface area contributed by atoms with Crippen LogP contribution in [0.25, 0.3) is 6.08 Å². The molecule has 5 nitrogen and oxygen atoms in total. The van der Waals surface area contributed by atoms with Crippen molar-refractivity contribution in [3.63, 3.8) is 0 Å². The lowest BCUT2D eigenvalue weighted by atomic mass is 10.0. The van der Waals surface area contributed by atoms with Crippen molar-refractivity contribution in [1.82, 2.24) is 4.90 Å². The van der Waals surface area contributed by atoms with Gasteiger partial charge in [0.15, 0.2) is 0 Å². The second-order valence-electron chi connectivity index (χ2n) is 9.07. The molecule has 0 aromatic heterocycles.